The lowest BCUT2D eigenvalue weighted by Gasteiger charge is -2.14. The topological polar surface area (TPSA) is 83.7 Å². The smallest absolute Gasteiger partial charge is 0.305 e. The molecule has 0 bridgehead atoms. The van der Waals surface area contributed by atoms with Crippen molar-refractivity contribution in [3.05, 3.63) is 23.5 Å². The quantitative estimate of drug-likeness (QED) is 0.836. The number of thiazole rings is 1. The Kier molecular flexibility index (Phi) is 4.16. The van der Waals surface area contributed by atoms with E-state index in [0.717, 1.165) is 4.96 Å². The number of imidazole rings is 1. The van der Waals surface area contributed by atoms with Gasteiger partial charge in [0, 0.05) is 23.8 Å². The Morgan fingerprint density at radius 1 is 1.58 bits per heavy atom. The molecule has 2 rings (SSSR count). The molecule has 19 heavy (non-hydrogen) atoms. The first-order valence-corrected chi connectivity index (χ1v) is 6.88. The number of nitrogens with one attached hydrogen (secondary N) is 1. The van der Waals surface area contributed by atoms with Crippen LogP contribution in [0.2, 0.25) is 0 Å². The molecule has 2 aromatic heterocycles. The van der Waals surface area contributed by atoms with E-state index < -0.39 is 5.97 Å². The lowest BCUT2D eigenvalue weighted by Crippen LogP contribution is -2.37. The van der Waals surface area contributed by atoms with Gasteiger partial charge >= 0.3 is 5.97 Å². The molecule has 1 unspecified atom stereocenters. The van der Waals surface area contributed by atoms with Crippen LogP contribution in [-0.2, 0) is 16.0 Å². The molecule has 0 radical (unpaired) electrons. The van der Waals surface area contributed by atoms with E-state index >= 15 is 0 Å². The molecule has 1 amide bonds. The Labute approximate surface area is 114 Å². The van der Waals surface area contributed by atoms with Crippen LogP contribution in [0.3, 0.4) is 0 Å². The van der Waals surface area contributed by atoms with E-state index in [1.807, 2.05) is 29.1 Å². The number of carbonyl (C=O) groups excluding carboxylic acids is 1. The van der Waals surface area contributed by atoms with Crippen molar-refractivity contribution in [2.24, 2.45) is 0 Å². The zero-order valence-corrected chi connectivity index (χ0v) is 11.3. The van der Waals surface area contributed by atoms with Gasteiger partial charge in [-0.2, -0.15) is 0 Å². The van der Waals surface area contributed by atoms with Gasteiger partial charge in [-0.25, -0.2) is 4.98 Å². The fourth-order valence-electron chi connectivity index (χ4n) is 1.81. The molecule has 0 aliphatic heterocycles. The van der Waals surface area contributed by atoms with Gasteiger partial charge in [-0.05, 0) is 6.42 Å². The number of hydrogen-bond acceptors (Lipinski definition) is 4. The molecule has 0 aliphatic rings. The van der Waals surface area contributed by atoms with Crippen molar-refractivity contribution < 1.29 is 14.7 Å². The Morgan fingerprint density at radius 2 is 2.37 bits per heavy atom. The molecule has 102 valence electrons. The molecule has 0 aromatic carbocycles. The summed E-state index contributed by atoms with van der Waals surface area (Å²) in [5.74, 6) is -1.10. The number of hydrogen-bond donors (Lipinski definition) is 2. The molecule has 7 heteroatoms. The average molecular weight is 281 g/mol. The van der Waals surface area contributed by atoms with Crippen molar-refractivity contribution in [3.8, 4) is 0 Å². The van der Waals surface area contributed by atoms with Crippen LogP contribution in [0.5, 0.6) is 0 Å². The summed E-state index contributed by atoms with van der Waals surface area (Å²) in [5, 5.41) is 13.4. The molecule has 2 heterocycles. The van der Waals surface area contributed by atoms with Crippen molar-refractivity contribution in [1.82, 2.24) is 14.7 Å². The van der Waals surface area contributed by atoms with Gasteiger partial charge in [0.15, 0.2) is 4.96 Å². The second-order valence-corrected chi connectivity index (χ2v) is 5.15. The zero-order valence-electron chi connectivity index (χ0n) is 10.5. The number of carboxylic acid groups (broad SMARTS) is 1. The van der Waals surface area contributed by atoms with Gasteiger partial charge in [-0.3, -0.25) is 14.0 Å². The summed E-state index contributed by atoms with van der Waals surface area (Å²) in [6.45, 7) is 1.85. The highest BCUT2D eigenvalue weighted by atomic mass is 32.1. The van der Waals surface area contributed by atoms with Crippen LogP contribution >= 0.6 is 11.3 Å². The molecule has 0 aliphatic carbocycles. The van der Waals surface area contributed by atoms with Crippen LogP contribution in [0.1, 0.15) is 25.5 Å². The number of aliphatic carboxylic acids is 1. The van der Waals surface area contributed by atoms with Crippen molar-refractivity contribution in [3.63, 3.8) is 0 Å². The van der Waals surface area contributed by atoms with Crippen molar-refractivity contribution in [1.29, 1.82) is 0 Å². The van der Waals surface area contributed by atoms with Gasteiger partial charge in [0.2, 0.25) is 5.91 Å². The number of fused-ring (bicyclic) bond motifs is 1. The van der Waals surface area contributed by atoms with Crippen LogP contribution in [0.15, 0.2) is 17.8 Å². The second-order valence-electron chi connectivity index (χ2n) is 4.27. The van der Waals surface area contributed by atoms with E-state index in [4.69, 9.17) is 5.11 Å². The number of carboxylic acids is 1. The molecular weight excluding hydrogens is 266 g/mol. The monoisotopic (exact) mass is 281 g/mol. The summed E-state index contributed by atoms with van der Waals surface area (Å²) in [5.41, 5.74) is 0.689. The van der Waals surface area contributed by atoms with Crippen molar-refractivity contribution in [2.75, 3.05) is 0 Å². The average Bonchev–Trinajstić information content (AvgIpc) is 2.87. The van der Waals surface area contributed by atoms with Gasteiger partial charge in [0.05, 0.1) is 18.5 Å². The number of rotatable bonds is 6. The summed E-state index contributed by atoms with van der Waals surface area (Å²) in [6, 6.07) is -0.325. The Morgan fingerprint density at radius 3 is 3.00 bits per heavy atom. The van der Waals surface area contributed by atoms with Gasteiger partial charge in [0.1, 0.15) is 0 Å². The first kappa shape index (κ1) is 13.5. The highest BCUT2D eigenvalue weighted by molar-refractivity contribution is 7.15. The Bertz CT molecular complexity index is 561. The van der Waals surface area contributed by atoms with Crippen LogP contribution in [0.4, 0.5) is 0 Å². The molecule has 2 N–H and O–H groups in total. The largest absolute Gasteiger partial charge is 0.481 e. The first-order valence-electron chi connectivity index (χ1n) is 6.00. The maximum atomic E-state index is 11.8. The summed E-state index contributed by atoms with van der Waals surface area (Å²) in [7, 11) is 0. The lowest BCUT2D eigenvalue weighted by atomic mass is 10.1. The third-order valence-electron chi connectivity index (χ3n) is 2.76. The minimum Gasteiger partial charge on any atom is -0.481 e. The predicted octanol–water partition coefficient (Wildman–Crippen LogP) is 1.31. The Hall–Kier alpha value is -1.89. The molecule has 0 saturated carbocycles. The van der Waals surface area contributed by atoms with Crippen LogP contribution in [0.25, 0.3) is 4.96 Å². The van der Waals surface area contributed by atoms with Gasteiger partial charge in [0.25, 0.3) is 0 Å². The standard InChI is InChI=1S/C12H15N3O3S/c1-2-8(6-11(17)18)13-10(16)5-9-7-15-3-4-19-12(15)14-9/h3-4,7-8H,2,5-6H2,1H3,(H,13,16)(H,17,18). The van der Waals surface area contributed by atoms with E-state index in [0.29, 0.717) is 12.1 Å². The summed E-state index contributed by atoms with van der Waals surface area (Å²) >= 11 is 1.50. The number of nitrogens with zero attached hydrogens (tertiary/aromatic N) is 2. The lowest BCUT2D eigenvalue weighted by molar-refractivity contribution is -0.137. The summed E-state index contributed by atoms with van der Waals surface area (Å²) in [4.78, 5) is 27.6. The van der Waals surface area contributed by atoms with Gasteiger partial charge in [-0.15, -0.1) is 11.3 Å². The summed E-state index contributed by atoms with van der Waals surface area (Å²) < 4.78 is 1.86. The van der Waals surface area contributed by atoms with Crippen LogP contribution in [0, 0.1) is 0 Å². The maximum absolute atomic E-state index is 11.8. The highest BCUT2D eigenvalue weighted by Crippen LogP contribution is 2.11. The Balaban J connectivity index is 1.93. The second kappa shape index (κ2) is 5.83. The number of amides is 1. The molecular formula is C12H15N3O3S. The molecule has 2 aromatic rings. The van der Waals surface area contributed by atoms with Gasteiger partial charge in [-0.1, -0.05) is 6.92 Å². The minimum absolute atomic E-state index is 0.0550. The highest BCUT2D eigenvalue weighted by Gasteiger charge is 2.15. The SMILES string of the molecule is CCC(CC(=O)O)NC(=O)Cc1cn2ccsc2n1. The third kappa shape index (κ3) is 3.54. The molecule has 1 atom stereocenters. The van der Waals surface area contributed by atoms with E-state index in [2.05, 4.69) is 10.3 Å². The van der Waals surface area contributed by atoms with Gasteiger partial charge < -0.3 is 10.4 Å². The van der Waals surface area contributed by atoms with E-state index in [1.165, 1.54) is 11.3 Å². The third-order valence-corrected chi connectivity index (χ3v) is 3.53. The first-order chi connectivity index (χ1) is 9.08. The van der Waals surface area contributed by atoms with Crippen molar-refractivity contribution in [2.45, 2.75) is 32.2 Å². The van der Waals surface area contributed by atoms with Crippen molar-refractivity contribution >= 4 is 28.2 Å². The number of aromatic nitrogens is 2. The number of carbonyl (C=O) groups is 2. The predicted molar refractivity (Wildman–Crippen MR) is 71.2 cm³/mol. The molecule has 0 spiro atoms. The van der Waals surface area contributed by atoms with E-state index in [9.17, 15) is 9.59 Å². The zero-order chi connectivity index (χ0) is 13.8. The fraction of sp³-hybridized carbons (Fsp3) is 0.417. The normalized spacial score (nSPS) is 12.5. The fourth-order valence-corrected chi connectivity index (χ4v) is 2.53. The minimum atomic E-state index is -0.908. The molecule has 6 nitrogen and oxygen atoms in total. The van der Waals surface area contributed by atoms with Crippen LogP contribution in [-0.4, -0.2) is 32.4 Å². The van der Waals surface area contributed by atoms with Crippen LogP contribution < -0.4 is 5.32 Å². The molecule has 0 saturated heterocycles. The molecule has 0 fully saturated rings. The summed E-state index contributed by atoms with van der Waals surface area (Å²) in [6.07, 6.45) is 4.40. The van der Waals surface area contributed by atoms with E-state index in [1.54, 1.807) is 0 Å². The maximum Gasteiger partial charge on any atom is 0.305 e. The van der Waals surface area contributed by atoms with E-state index in [-0.39, 0.29) is 24.8 Å².